The van der Waals surface area contributed by atoms with Crippen molar-refractivity contribution in [2.24, 2.45) is 0 Å². The second-order valence-corrected chi connectivity index (χ2v) is 4.32. The van der Waals surface area contributed by atoms with Gasteiger partial charge < -0.3 is 4.74 Å². The first kappa shape index (κ1) is 11.7. The van der Waals surface area contributed by atoms with E-state index >= 15 is 0 Å². The third-order valence-electron chi connectivity index (χ3n) is 3.01. The van der Waals surface area contributed by atoms with Gasteiger partial charge in [0.1, 0.15) is 11.3 Å². The molecule has 0 aliphatic heterocycles. The standard InChI is InChI=1S/C15H15N3O/c1-2-15(19-12-8-4-3-5-9-12)18-14-11-7-6-10-13(14)16-17-18/h3-11,15H,2H2,1H3. The lowest BCUT2D eigenvalue weighted by Gasteiger charge is -2.18. The molecule has 0 saturated carbocycles. The van der Waals surface area contributed by atoms with Crippen LogP contribution in [-0.2, 0) is 0 Å². The van der Waals surface area contributed by atoms with Crippen LogP contribution in [0.3, 0.4) is 0 Å². The average molecular weight is 253 g/mol. The second-order valence-electron chi connectivity index (χ2n) is 4.32. The summed E-state index contributed by atoms with van der Waals surface area (Å²) in [6, 6.07) is 17.7. The SMILES string of the molecule is CCC(Oc1ccccc1)n1nnc2ccccc21. The van der Waals surface area contributed by atoms with E-state index in [1.54, 1.807) is 0 Å². The van der Waals surface area contributed by atoms with E-state index in [0.29, 0.717) is 0 Å². The molecule has 0 N–H and O–H groups in total. The van der Waals surface area contributed by atoms with E-state index in [2.05, 4.69) is 17.2 Å². The quantitative estimate of drug-likeness (QED) is 0.715. The molecule has 3 rings (SSSR count). The van der Waals surface area contributed by atoms with E-state index < -0.39 is 0 Å². The zero-order valence-electron chi connectivity index (χ0n) is 10.7. The Hall–Kier alpha value is -2.36. The van der Waals surface area contributed by atoms with Gasteiger partial charge in [0.2, 0.25) is 0 Å². The minimum Gasteiger partial charge on any atom is -0.469 e. The van der Waals surface area contributed by atoms with Crippen molar-refractivity contribution >= 4 is 11.0 Å². The van der Waals surface area contributed by atoms with Crippen LogP contribution in [0.25, 0.3) is 11.0 Å². The molecule has 1 unspecified atom stereocenters. The summed E-state index contributed by atoms with van der Waals surface area (Å²) in [6.45, 7) is 2.07. The fourth-order valence-corrected chi connectivity index (χ4v) is 2.06. The third-order valence-corrected chi connectivity index (χ3v) is 3.01. The molecule has 0 fully saturated rings. The highest BCUT2D eigenvalue weighted by atomic mass is 16.5. The Morgan fingerprint density at radius 2 is 1.79 bits per heavy atom. The maximum absolute atomic E-state index is 5.98. The first-order chi connectivity index (χ1) is 9.38. The van der Waals surface area contributed by atoms with Crippen LogP contribution < -0.4 is 4.74 Å². The van der Waals surface area contributed by atoms with Crippen molar-refractivity contribution in [3.63, 3.8) is 0 Å². The van der Waals surface area contributed by atoms with E-state index in [9.17, 15) is 0 Å². The fourth-order valence-electron chi connectivity index (χ4n) is 2.06. The lowest BCUT2D eigenvalue weighted by atomic mass is 10.3. The maximum Gasteiger partial charge on any atom is 0.193 e. The highest BCUT2D eigenvalue weighted by Crippen LogP contribution is 2.22. The summed E-state index contributed by atoms with van der Waals surface area (Å²) in [6.07, 6.45) is 0.678. The van der Waals surface area contributed by atoms with Crippen LogP contribution in [0.1, 0.15) is 19.6 Å². The number of rotatable bonds is 4. The van der Waals surface area contributed by atoms with Crippen LogP contribution in [0.2, 0.25) is 0 Å². The second kappa shape index (κ2) is 5.10. The Bertz CT molecular complexity index is 663. The lowest BCUT2D eigenvalue weighted by molar-refractivity contribution is 0.116. The highest BCUT2D eigenvalue weighted by Gasteiger charge is 2.14. The van der Waals surface area contributed by atoms with Crippen LogP contribution in [0.5, 0.6) is 5.75 Å². The van der Waals surface area contributed by atoms with Gasteiger partial charge >= 0.3 is 0 Å². The molecule has 1 atom stereocenters. The minimum absolute atomic E-state index is 0.144. The minimum atomic E-state index is -0.144. The fraction of sp³-hybridized carbons (Fsp3) is 0.200. The Kier molecular flexibility index (Phi) is 3.14. The molecule has 19 heavy (non-hydrogen) atoms. The molecule has 96 valence electrons. The van der Waals surface area contributed by atoms with Crippen LogP contribution in [0, 0.1) is 0 Å². The summed E-state index contributed by atoms with van der Waals surface area (Å²) in [4.78, 5) is 0. The number of benzene rings is 2. The molecular formula is C15H15N3O. The monoisotopic (exact) mass is 253 g/mol. The van der Waals surface area contributed by atoms with Gasteiger partial charge in [0, 0.05) is 6.42 Å². The van der Waals surface area contributed by atoms with E-state index in [0.717, 1.165) is 23.2 Å². The van der Waals surface area contributed by atoms with Crippen molar-refractivity contribution in [1.82, 2.24) is 15.0 Å². The highest BCUT2D eigenvalue weighted by molar-refractivity contribution is 5.73. The Morgan fingerprint density at radius 3 is 2.58 bits per heavy atom. The van der Waals surface area contributed by atoms with E-state index in [-0.39, 0.29) is 6.23 Å². The molecule has 0 radical (unpaired) electrons. The van der Waals surface area contributed by atoms with Gasteiger partial charge in [0.15, 0.2) is 6.23 Å². The van der Waals surface area contributed by atoms with Crippen molar-refractivity contribution in [2.45, 2.75) is 19.6 Å². The van der Waals surface area contributed by atoms with Crippen molar-refractivity contribution in [3.05, 3.63) is 54.6 Å². The predicted molar refractivity (Wildman–Crippen MR) is 73.9 cm³/mol. The molecule has 4 heteroatoms. The van der Waals surface area contributed by atoms with Gasteiger partial charge in [0.25, 0.3) is 0 Å². The summed E-state index contributed by atoms with van der Waals surface area (Å²) in [5, 5.41) is 8.37. The molecule has 0 aliphatic carbocycles. The molecule has 0 saturated heterocycles. The molecule has 2 aromatic carbocycles. The topological polar surface area (TPSA) is 39.9 Å². The summed E-state index contributed by atoms with van der Waals surface area (Å²) in [5.74, 6) is 0.842. The molecule has 0 amide bonds. The number of aromatic nitrogens is 3. The molecule has 1 aromatic heterocycles. The summed E-state index contributed by atoms with van der Waals surface area (Å²) in [7, 11) is 0. The van der Waals surface area contributed by atoms with Crippen LogP contribution in [0.4, 0.5) is 0 Å². The zero-order chi connectivity index (χ0) is 13.1. The van der Waals surface area contributed by atoms with E-state index in [4.69, 9.17) is 4.74 Å². The van der Waals surface area contributed by atoms with Gasteiger partial charge in [-0.25, -0.2) is 4.68 Å². The van der Waals surface area contributed by atoms with Gasteiger partial charge in [-0.05, 0) is 24.3 Å². The molecular weight excluding hydrogens is 238 g/mol. The van der Waals surface area contributed by atoms with Crippen LogP contribution >= 0.6 is 0 Å². The summed E-state index contributed by atoms with van der Waals surface area (Å²) >= 11 is 0. The smallest absolute Gasteiger partial charge is 0.193 e. The Labute approximate surface area is 111 Å². The van der Waals surface area contributed by atoms with E-state index in [1.165, 1.54) is 0 Å². The number of ether oxygens (including phenoxy) is 1. The van der Waals surface area contributed by atoms with Crippen molar-refractivity contribution < 1.29 is 4.74 Å². The third kappa shape index (κ3) is 2.29. The molecule has 0 spiro atoms. The largest absolute Gasteiger partial charge is 0.469 e. The first-order valence-corrected chi connectivity index (χ1v) is 6.40. The van der Waals surface area contributed by atoms with Crippen LogP contribution in [-0.4, -0.2) is 15.0 Å². The van der Waals surface area contributed by atoms with Crippen molar-refractivity contribution in [3.8, 4) is 5.75 Å². The lowest BCUT2D eigenvalue weighted by Crippen LogP contribution is -2.16. The summed E-state index contributed by atoms with van der Waals surface area (Å²) < 4.78 is 7.81. The number of fused-ring (bicyclic) bond motifs is 1. The maximum atomic E-state index is 5.98. The van der Waals surface area contributed by atoms with Gasteiger partial charge in [-0.3, -0.25) is 0 Å². The van der Waals surface area contributed by atoms with Gasteiger partial charge in [-0.15, -0.1) is 5.10 Å². The Morgan fingerprint density at radius 1 is 1.05 bits per heavy atom. The van der Waals surface area contributed by atoms with Gasteiger partial charge in [-0.2, -0.15) is 0 Å². The van der Waals surface area contributed by atoms with E-state index in [1.807, 2.05) is 59.3 Å². The van der Waals surface area contributed by atoms with Crippen molar-refractivity contribution in [1.29, 1.82) is 0 Å². The molecule has 0 bridgehead atoms. The zero-order valence-corrected chi connectivity index (χ0v) is 10.7. The predicted octanol–water partition coefficient (Wildman–Crippen LogP) is 3.42. The van der Waals surface area contributed by atoms with Gasteiger partial charge in [-0.1, -0.05) is 42.5 Å². The molecule has 4 nitrogen and oxygen atoms in total. The number of hydrogen-bond donors (Lipinski definition) is 0. The molecule has 1 heterocycles. The number of hydrogen-bond acceptors (Lipinski definition) is 3. The molecule has 3 aromatic rings. The summed E-state index contributed by atoms with van der Waals surface area (Å²) in [5.41, 5.74) is 1.88. The number of nitrogens with zero attached hydrogens (tertiary/aromatic N) is 3. The van der Waals surface area contributed by atoms with Crippen molar-refractivity contribution in [2.75, 3.05) is 0 Å². The first-order valence-electron chi connectivity index (χ1n) is 6.40. The van der Waals surface area contributed by atoms with Gasteiger partial charge in [0.05, 0.1) is 5.52 Å². The molecule has 0 aliphatic rings. The number of para-hydroxylation sites is 2. The normalized spacial score (nSPS) is 12.5. The average Bonchev–Trinajstić information content (AvgIpc) is 2.90. The van der Waals surface area contributed by atoms with Crippen LogP contribution in [0.15, 0.2) is 54.6 Å². The Balaban J connectivity index is 1.94.